The molecule has 0 saturated carbocycles. The van der Waals surface area contributed by atoms with Gasteiger partial charge in [0.1, 0.15) is 0 Å². The van der Waals surface area contributed by atoms with Crippen LogP contribution in [-0.4, -0.2) is 32.6 Å². The summed E-state index contributed by atoms with van der Waals surface area (Å²) in [5.74, 6) is 0.554. The van der Waals surface area contributed by atoms with Crippen LogP contribution in [0.5, 0.6) is 5.75 Å². The van der Waals surface area contributed by atoms with E-state index in [9.17, 15) is 4.79 Å². The summed E-state index contributed by atoms with van der Waals surface area (Å²) in [5, 5.41) is 4.14. The van der Waals surface area contributed by atoms with Gasteiger partial charge in [0, 0.05) is 18.9 Å². The van der Waals surface area contributed by atoms with Crippen LogP contribution in [0.3, 0.4) is 0 Å². The lowest BCUT2D eigenvalue weighted by molar-refractivity contribution is 0.101. The van der Waals surface area contributed by atoms with Gasteiger partial charge in [-0.25, -0.2) is 4.98 Å². The molecular formula is C11H14N4O2. The molecular weight excluding hydrogens is 220 g/mol. The topological polar surface area (TPSA) is 72.8 Å². The number of hydrogen-bond acceptors (Lipinski definition) is 4. The average Bonchev–Trinajstić information content (AvgIpc) is 2.97. The third-order valence-corrected chi connectivity index (χ3v) is 2.39. The number of ether oxygens (including phenoxy) is 1. The van der Waals surface area contributed by atoms with Gasteiger partial charge in [0.15, 0.2) is 17.3 Å². The van der Waals surface area contributed by atoms with Crippen LogP contribution in [0.15, 0.2) is 18.6 Å². The molecule has 0 bridgehead atoms. The van der Waals surface area contributed by atoms with Crippen molar-refractivity contribution in [3.8, 4) is 5.75 Å². The van der Waals surface area contributed by atoms with Gasteiger partial charge in [-0.15, -0.1) is 0 Å². The lowest BCUT2D eigenvalue weighted by Crippen LogP contribution is -2.13. The maximum absolute atomic E-state index is 12.2. The van der Waals surface area contributed by atoms with E-state index in [0.29, 0.717) is 23.8 Å². The summed E-state index contributed by atoms with van der Waals surface area (Å²) in [4.78, 5) is 18.9. The monoisotopic (exact) mass is 234 g/mol. The van der Waals surface area contributed by atoms with Crippen molar-refractivity contribution in [2.24, 2.45) is 0 Å². The Hall–Kier alpha value is -2.11. The van der Waals surface area contributed by atoms with Crippen LogP contribution in [-0.2, 0) is 6.54 Å². The van der Waals surface area contributed by atoms with Gasteiger partial charge in [-0.1, -0.05) is 6.92 Å². The van der Waals surface area contributed by atoms with Crippen molar-refractivity contribution in [1.29, 1.82) is 0 Å². The second-order valence-electron chi connectivity index (χ2n) is 3.55. The lowest BCUT2D eigenvalue weighted by atomic mass is 10.2. The van der Waals surface area contributed by atoms with E-state index >= 15 is 0 Å². The minimum atomic E-state index is -0.210. The van der Waals surface area contributed by atoms with Crippen molar-refractivity contribution in [1.82, 2.24) is 19.7 Å². The summed E-state index contributed by atoms with van der Waals surface area (Å²) in [6.07, 6.45) is 5.59. The number of aromatic amines is 1. The highest BCUT2D eigenvalue weighted by molar-refractivity contribution is 6.07. The molecule has 0 aliphatic heterocycles. The number of aromatic nitrogens is 4. The number of carbonyl (C=O) groups excluding carboxylic acids is 1. The van der Waals surface area contributed by atoms with Crippen molar-refractivity contribution >= 4 is 5.78 Å². The maximum Gasteiger partial charge on any atom is 0.250 e. The first-order chi connectivity index (χ1) is 8.27. The zero-order valence-electron chi connectivity index (χ0n) is 9.80. The molecule has 0 unspecified atom stereocenters. The van der Waals surface area contributed by atoms with Gasteiger partial charge >= 0.3 is 0 Å². The number of nitrogens with one attached hydrogen (secondary N) is 1. The molecule has 0 amide bonds. The van der Waals surface area contributed by atoms with Crippen LogP contribution in [0.1, 0.15) is 29.7 Å². The Bertz CT molecular complexity index is 502. The van der Waals surface area contributed by atoms with E-state index in [0.717, 1.165) is 6.42 Å². The zero-order valence-corrected chi connectivity index (χ0v) is 9.80. The summed E-state index contributed by atoms with van der Waals surface area (Å²) >= 11 is 0. The minimum absolute atomic E-state index is 0.210. The number of rotatable bonds is 5. The molecule has 2 aromatic rings. The molecule has 6 nitrogen and oxygen atoms in total. The second-order valence-corrected chi connectivity index (χ2v) is 3.55. The number of imidazole rings is 1. The average molecular weight is 234 g/mol. The van der Waals surface area contributed by atoms with Crippen LogP contribution in [0, 0.1) is 0 Å². The standard InChI is InChI=1S/C11H14N4O2/c1-3-6-15-9(8(17-2)7-14-15)10(16)11-12-4-5-13-11/h4-5,7H,3,6H2,1-2H3,(H,12,13). The Morgan fingerprint density at radius 2 is 2.41 bits per heavy atom. The van der Waals surface area contributed by atoms with Crippen LogP contribution < -0.4 is 4.74 Å². The number of hydrogen-bond donors (Lipinski definition) is 1. The van der Waals surface area contributed by atoms with E-state index in [1.54, 1.807) is 23.3 Å². The number of ketones is 1. The first kappa shape index (κ1) is 11.4. The Balaban J connectivity index is 2.42. The van der Waals surface area contributed by atoms with Crippen molar-refractivity contribution in [2.45, 2.75) is 19.9 Å². The van der Waals surface area contributed by atoms with Crippen molar-refractivity contribution in [3.63, 3.8) is 0 Å². The van der Waals surface area contributed by atoms with E-state index in [1.165, 1.54) is 7.11 Å². The van der Waals surface area contributed by atoms with Gasteiger partial charge in [0.05, 0.1) is 13.3 Å². The van der Waals surface area contributed by atoms with E-state index in [1.807, 2.05) is 6.92 Å². The number of nitrogens with zero attached hydrogens (tertiary/aromatic N) is 3. The second kappa shape index (κ2) is 4.82. The summed E-state index contributed by atoms with van der Waals surface area (Å²) in [6, 6.07) is 0. The quantitative estimate of drug-likeness (QED) is 0.790. The van der Waals surface area contributed by atoms with E-state index in [-0.39, 0.29) is 5.78 Å². The van der Waals surface area contributed by atoms with Crippen molar-refractivity contribution in [3.05, 3.63) is 30.1 Å². The largest absolute Gasteiger partial charge is 0.493 e. The highest BCUT2D eigenvalue weighted by atomic mass is 16.5. The zero-order chi connectivity index (χ0) is 12.3. The van der Waals surface area contributed by atoms with Gasteiger partial charge in [0.2, 0.25) is 5.78 Å². The summed E-state index contributed by atoms with van der Waals surface area (Å²) in [7, 11) is 1.52. The van der Waals surface area contributed by atoms with Gasteiger partial charge in [0.25, 0.3) is 0 Å². The third kappa shape index (κ3) is 2.06. The predicted molar refractivity (Wildman–Crippen MR) is 61.1 cm³/mol. The van der Waals surface area contributed by atoms with Crippen molar-refractivity contribution in [2.75, 3.05) is 7.11 Å². The molecule has 0 aromatic carbocycles. The van der Waals surface area contributed by atoms with Crippen LogP contribution in [0.4, 0.5) is 0 Å². The molecule has 1 N–H and O–H groups in total. The first-order valence-corrected chi connectivity index (χ1v) is 5.41. The lowest BCUT2D eigenvalue weighted by Gasteiger charge is -2.05. The summed E-state index contributed by atoms with van der Waals surface area (Å²) in [5.41, 5.74) is 0.435. The molecule has 6 heteroatoms. The van der Waals surface area contributed by atoms with Crippen LogP contribution in [0.25, 0.3) is 0 Å². The summed E-state index contributed by atoms with van der Waals surface area (Å²) in [6.45, 7) is 2.69. The highest BCUT2D eigenvalue weighted by Gasteiger charge is 2.22. The Labute approximate surface area is 98.6 Å². The Morgan fingerprint density at radius 3 is 3.00 bits per heavy atom. The number of methoxy groups -OCH3 is 1. The number of aryl methyl sites for hydroxylation is 1. The van der Waals surface area contributed by atoms with Gasteiger partial charge in [-0.05, 0) is 6.42 Å². The molecule has 0 atom stereocenters. The SMILES string of the molecule is CCCn1ncc(OC)c1C(=O)c1ncc[nH]1. The fraction of sp³-hybridized carbons (Fsp3) is 0.364. The fourth-order valence-corrected chi connectivity index (χ4v) is 1.63. The molecule has 0 aliphatic carbocycles. The van der Waals surface area contributed by atoms with Gasteiger partial charge in [-0.3, -0.25) is 9.48 Å². The molecule has 0 radical (unpaired) electrons. The van der Waals surface area contributed by atoms with Gasteiger partial charge in [-0.2, -0.15) is 5.10 Å². The summed E-state index contributed by atoms with van der Waals surface area (Å²) < 4.78 is 6.79. The minimum Gasteiger partial charge on any atom is -0.493 e. The van der Waals surface area contributed by atoms with Crippen molar-refractivity contribution < 1.29 is 9.53 Å². The van der Waals surface area contributed by atoms with Gasteiger partial charge < -0.3 is 9.72 Å². The third-order valence-electron chi connectivity index (χ3n) is 2.39. The molecule has 0 spiro atoms. The molecule has 2 aromatic heterocycles. The number of carbonyl (C=O) groups is 1. The Morgan fingerprint density at radius 1 is 1.59 bits per heavy atom. The fourth-order valence-electron chi connectivity index (χ4n) is 1.63. The van der Waals surface area contributed by atoms with Crippen LogP contribution in [0.2, 0.25) is 0 Å². The van der Waals surface area contributed by atoms with E-state index in [4.69, 9.17) is 4.74 Å². The normalized spacial score (nSPS) is 10.5. The molecule has 2 heterocycles. The van der Waals surface area contributed by atoms with E-state index < -0.39 is 0 Å². The van der Waals surface area contributed by atoms with E-state index in [2.05, 4.69) is 15.1 Å². The predicted octanol–water partition coefficient (Wildman–Crippen LogP) is 1.26. The molecule has 0 saturated heterocycles. The molecule has 17 heavy (non-hydrogen) atoms. The number of H-pyrrole nitrogens is 1. The maximum atomic E-state index is 12.2. The highest BCUT2D eigenvalue weighted by Crippen LogP contribution is 2.20. The molecule has 0 aliphatic rings. The molecule has 0 fully saturated rings. The van der Waals surface area contributed by atoms with Crippen LogP contribution >= 0.6 is 0 Å². The molecule has 2 rings (SSSR count). The Kier molecular flexibility index (Phi) is 3.22. The first-order valence-electron chi connectivity index (χ1n) is 5.41. The molecule has 90 valence electrons. The smallest absolute Gasteiger partial charge is 0.250 e.